The quantitative estimate of drug-likeness (QED) is 0.207. The van der Waals surface area contributed by atoms with E-state index in [2.05, 4.69) is 11.7 Å². The third-order valence-electron chi connectivity index (χ3n) is 5.02. The summed E-state index contributed by atoms with van der Waals surface area (Å²) in [5.41, 5.74) is 1.92. The highest BCUT2D eigenvalue weighted by molar-refractivity contribution is 5.75. The van der Waals surface area contributed by atoms with Gasteiger partial charge >= 0.3 is 5.97 Å². The minimum absolute atomic E-state index is 0.275. The fourth-order valence-electron chi connectivity index (χ4n) is 3.05. The van der Waals surface area contributed by atoms with Crippen molar-refractivity contribution in [3.63, 3.8) is 0 Å². The summed E-state index contributed by atoms with van der Waals surface area (Å²) in [6, 6.07) is 9.81. The Morgan fingerprint density at radius 2 is 1.72 bits per heavy atom. The third-order valence-corrected chi connectivity index (χ3v) is 5.02. The smallest absolute Gasteiger partial charge is 0.305 e. The number of carbonyl (C=O) groups excluding carboxylic acids is 1. The van der Waals surface area contributed by atoms with Crippen LogP contribution in [0.3, 0.4) is 0 Å². The molecule has 0 spiro atoms. The molecule has 32 heavy (non-hydrogen) atoms. The monoisotopic (exact) mass is 442 g/mol. The Morgan fingerprint density at radius 1 is 0.969 bits per heavy atom. The number of unbranched alkanes of at least 4 members (excludes halogenated alkanes) is 2. The van der Waals surface area contributed by atoms with E-state index < -0.39 is 18.3 Å². The van der Waals surface area contributed by atoms with Gasteiger partial charge < -0.3 is 20.1 Å². The van der Waals surface area contributed by atoms with Crippen molar-refractivity contribution in [2.75, 3.05) is 7.11 Å². The van der Waals surface area contributed by atoms with Crippen LogP contribution in [0.5, 0.6) is 0 Å². The van der Waals surface area contributed by atoms with Crippen LogP contribution in [-0.2, 0) is 9.53 Å². The number of aliphatic hydroxyl groups is 3. The van der Waals surface area contributed by atoms with Crippen molar-refractivity contribution >= 4 is 11.5 Å². The van der Waals surface area contributed by atoms with Gasteiger partial charge in [0.2, 0.25) is 0 Å². The molecule has 0 aliphatic carbocycles. The fourth-order valence-corrected chi connectivity index (χ4v) is 3.05. The molecule has 3 atom stereocenters. The molecule has 0 aromatic heterocycles. The summed E-state index contributed by atoms with van der Waals surface area (Å²) < 4.78 is 4.61. The van der Waals surface area contributed by atoms with Crippen molar-refractivity contribution in [3.05, 3.63) is 78.4 Å². The van der Waals surface area contributed by atoms with Gasteiger partial charge in [0, 0.05) is 6.42 Å². The van der Waals surface area contributed by atoms with E-state index in [9.17, 15) is 20.1 Å². The van der Waals surface area contributed by atoms with E-state index in [-0.39, 0.29) is 12.4 Å². The number of ether oxygens (including phenoxy) is 1. The first-order valence-corrected chi connectivity index (χ1v) is 11.4. The SMILES string of the molecule is CCCCC[C@@H](O)[C@H](O)/C=C/C=C/C=C(\C=C\[C@@H](O)CCCC(=O)OC)c1ccccc1. The van der Waals surface area contributed by atoms with Crippen LogP contribution < -0.4 is 0 Å². The van der Waals surface area contributed by atoms with Crippen LogP contribution in [-0.4, -0.2) is 46.7 Å². The highest BCUT2D eigenvalue weighted by Crippen LogP contribution is 2.17. The van der Waals surface area contributed by atoms with Crippen LogP contribution in [0.25, 0.3) is 5.57 Å². The van der Waals surface area contributed by atoms with Gasteiger partial charge in [0.05, 0.1) is 25.4 Å². The van der Waals surface area contributed by atoms with Gasteiger partial charge in [-0.1, -0.05) is 99.1 Å². The highest BCUT2D eigenvalue weighted by Gasteiger charge is 2.11. The number of esters is 1. The minimum Gasteiger partial charge on any atom is -0.469 e. The Bertz CT molecular complexity index is 749. The average molecular weight is 443 g/mol. The molecule has 0 unspecified atom stereocenters. The van der Waals surface area contributed by atoms with Crippen molar-refractivity contribution < 1.29 is 24.9 Å². The van der Waals surface area contributed by atoms with Gasteiger partial charge in [0.25, 0.3) is 0 Å². The van der Waals surface area contributed by atoms with E-state index in [1.807, 2.05) is 48.6 Å². The summed E-state index contributed by atoms with van der Waals surface area (Å²) in [5, 5.41) is 30.2. The van der Waals surface area contributed by atoms with Gasteiger partial charge in [-0.25, -0.2) is 0 Å². The van der Waals surface area contributed by atoms with Crippen molar-refractivity contribution in [2.45, 2.75) is 70.2 Å². The van der Waals surface area contributed by atoms with E-state index in [4.69, 9.17) is 0 Å². The molecular formula is C27H38O5. The summed E-state index contributed by atoms with van der Waals surface area (Å²) in [5.74, 6) is -0.275. The molecule has 0 aliphatic rings. The second-order valence-corrected chi connectivity index (χ2v) is 7.71. The van der Waals surface area contributed by atoms with Crippen molar-refractivity contribution in [2.24, 2.45) is 0 Å². The Morgan fingerprint density at radius 3 is 2.41 bits per heavy atom. The fraction of sp³-hybridized carbons (Fsp3) is 0.444. The van der Waals surface area contributed by atoms with Gasteiger partial charge in [-0.15, -0.1) is 0 Å². The van der Waals surface area contributed by atoms with Crippen LogP contribution in [0, 0.1) is 0 Å². The van der Waals surface area contributed by atoms with Crippen LogP contribution in [0.15, 0.2) is 72.9 Å². The maximum Gasteiger partial charge on any atom is 0.305 e. The first-order valence-electron chi connectivity index (χ1n) is 11.4. The number of allylic oxidation sites excluding steroid dienone is 6. The molecule has 0 amide bonds. The number of hydrogen-bond acceptors (Lipinski definition) is 5. The molecule has 0 saturated heterocycles. The second kappa shape index (κ2) is 17.1. The van der Waals surface area contributed by atoms with Gasteiger partial charge in [-0.05, 0) is 30.4 Å². The van der Waals surface area contributed by atoms with Gasteiger partial charge in [0.1, 0.15) is 0 Å². The van der Waals surface area contributed by atoms with Gasteiger partial charge in [-0.2, -0.15) is 0 Å². The molecular weight excluding hydrogens is 404 g/mol. The highest BCUT2D eigenvalue weighted by atomic mass is 16.5. The number of carbonyl (C=O) groups is 1. The van der Waals surface area contributed by atoms with Gasteiger partial charge in [0.15, 0.2) is 0 Å². The Kier molecular flexibility index (Phi) is 14.8. The van der Waals surface area contributed by atoms with Crippen molar-refractivity contribution in [1.29, 1.82) is 0 Å². The zero-order chi connectivity index (χ0) is 23.6. The average Bonchev–Trinajstić information content (AvgIpc) is 2.81. The number of benzene rings is 1. The second-order valence-electron chi connectivity index (χ2n) is 7.71. The summed E-state index contributed by atoms with van der Waals surface area (Å²) >= 11 is 0. The van der Waals surface area contributed by atoms with E-state index >= 15 is 0 Å². The first kappa shape index (κ1) is 27.6. The van der Waals surface area contributed by atoms with Gasteiger partial charge in [-0.3, -0.25) is 4.79 Å². The maximum atomic E-state index is 11.2. The molecule has 0 saturated carbocycles. The first-order chi connectivity index (χ1) is 15.5. The molecule has 5 heteroatoms. The molecule has 0 heterocycles. The molecule has 5 nitrogen and oxygen atoms in total. The van der Waals surface area contributed by atoms with Crippen LogP contribution in [0.4, 0.5) is 0 Å². The lowest BCUT2D eigenvalue weighted by Gasteiger charge is -2.13. The Balaban J connectivity index is 2.71. The Hall–Kier alpha value is -2.47. The number of hydrogen-bond donors (Lipinski definition) is 3. The summed E-state index contributed by atoms with van der Waals surface area (Å²) in [7, 11) is 1.36. The third kappa shape index (κ3) is 12.4. The summed E-state index contributed by atoms with van der Waals surface area (Å²) in [6.07, 6.45) is 15.1. The lowest BCUT2D eigenvalue weighted by atomic mass is 10.0. The molecule has 176 valence electrons. The molecule has 3 N–H and O–H groups in total. The lowest BCUT2D eigenvalue weighted by molar-refractivity contribution is -0.140. The molecule has 1 rings (SSSR count). The van der Waals surface area contributed by atoms with Crippen LogP contribution in [0.2, 0.25) is 0 Å². The molecule has 0 radical (unpaired) electrons. The van der Waals surface area contributed by atoms with E-state index in [1.54, 1.807) is 24.3 Å². The zero-order valence-corrected chi connectivity index (χ0v) is 19.3. The lowest BCUT2D eigenvalue weighted by Crippen LogP contribution is -2.23. The number of methoxy groups -OCH3 is 1. The largest absolute Gasteiger partial charge is 0.469 e. The predicted octanol–water partition coefficient (Wildman–Crippen LogP) is 4.74. The Labute approximate surface area is 192 Å². The maximum absolute atomic E-state index is 11.2. The van der Waals surface area contributed by atoms with Crippen LogP contribution >= 0.6 is 0 Å². The number of aliphatic hydroxyl groups excluding tert-OH is 3. The van der Waals surface area contributed by atoms with Crippen LogP contribution in [0.1, 0.15) is 57.4 Å². The normalized spacial score (nSPS) is 15.5. The molecule has 0 aliphatic heterocycles. The summed E-state index contributed by atoms with van der Waals surface area (Å²) in [4.78, 5) is 11.2. The molecule has 1 aromatic carbocycles. The molecule has 1 aromatic rings. The molecule has 0 bridgehead atoms. The predicted molar refractivity (Wildman–Crippen MR) is 130 cm³/mol. The number of rotatable bonds is 15. The summed E-state index contributed by atoms with van der Waals surface area (Å²) in [6.45, 7) is 2.10. The van der Waals surface area contributed by atoms with E-state index in [0.717, 1.165) is 30.4 Å². The van der Waals surface area contributed by atoms with Crippen molar-refractivity contribution in [3.8, 4) is 0 Å². The standard InChI is InChI=1S/C27H38O5/c1-3-4-7-17-25(29)26(30)18-11-6-10-15-23(22-13-8-5-9-14-22)20-21-24(28)16-12-19-27(31)32-2/h5-6,8-11,13-15,18,20-21,24-26,28-30H,3-4,7,12,16-17,19H2,1-2H3/b10-6+,18-11+,21-20+,23-15+/t24-,25+,26+/m0/s1. The molecule has 0 fully saturated rings. The minimum atomic E-state index is -0.880. The van der Waals surface area contributed by atoms with E-state index in [1.165, 1.54) is 7.11 Å². The topological polar surface area (TPSA) is 87.0 Å². The van der Waals surface area contributed by atoms with E-state index in [0.29, 0.717) is 19.3 Å². The zero-order valence-electron chi connectivity index (χ0n) is 19.3. The van der Waals surface area contributed by atoms with Crippen molar-refractivity contribution in [1.82, 2.24) is 0 Å².